The third kappa shape index (κ3) is 3.64. The molecule has 1 atom stereocenters. The summed E-state index contributed by atoms with van der Waals surface area (Å²) >= 11 is 1.94. The average Bonchev–Trinajstić information content (AvgIpc) is 2.13. The zero-order valence-electron chi connectivity index (χ0n) is 11.8. The molecule has 1 saturated heterocycles. The Balaban J connectivity index is 2.62. The molecule has 1 rings (SSSR count). The van der Waals surface area contributed by atoms with Gasteiger partial charge in [-0.25, -0.2) is 0 Å². The largest absolute Gasteiger partial charge is 0.310 e. The molecule has 1 N–H and O–H groups in total. The smallest absolute Gasteiger partial charge is 0.0278 e. The van der Waals surface area contributed by atoms with Crippen molar-refractivity contribution in [2.45, 2.75) is 46.2 Å². The maximum atomic E-state index is 3.71. The zero-order chi connectivity index (χ0) is 12.4. The summed E-state index contributed by atoms with van der Waals surface area (Å²) in [5.41, 5.74) is 0.658. The monoisotopic (exact) mass is 244 g/mol. The molecule has 0 aromatic heterocycles. The van der Waals surface area contributed by atoms with Crippen LogP contribution in [-0.2, 0) is 0 Å². The highest BCUT2D eigenvalue weighted by Gasteiger charge is 2.37. The molecule has 0 aliphatic carbocycles. The first-order valence-corrected chi connectivity index (χ1v) is 7.64. The van der Waals surface area contributed by atoms with Gasteiger partial charge < -0.3 is 5.32 Å². The highest BCUT2D eigenvalue weighted by molar-refractivity contribution is 7.98. The second-order valence-corrected chi connectivity index (χ2v) is 7.54. The maximum Gasteiger partial charge on any atom is 0.0278 e. The van der Waals surface area contributed by atoms with Gasteiger partial charge in [-0.1, -0.05) is 20.8 Å². The van der Waals surface area contributed by atoms with Crippen LogP contribution in [-0.4, -0.2) is 48.1 Å². The molecule has 96 valence electrons. The fraction of sp³-hybridized carbons (Fsp3) is 1.00. The van der Waals surface area contributed by atoms with Crippen molar-refractivity contribution in [3.05, 3.63) is 0 Å². The van der Waals surface area contributed by atoms with Crippen LogP contribution in [0.5, 0.6) is 0 Å². The summed E-state index contributed by atoms with van der Waals surface area (Å²) in [6.45, 7) is 15.2. The maximum absolute atomic E-state index is 3.71. The third-order valence-corrected chi connectivity index (χ3v) is 4.24. The van der Waals surface area contributed by atoms with E-state index in [2.05, 4.69) is 51.1 Å². The Bertz CT molecular complexity index is 220. The first-order valence-electron chi connectivity index (χ1n) is 6.25. The van der Waals surface area contributed by atoms with Crippen LogP contribution in [0.25, 0.3) is 0 Å². The van der Waals surface area contributed by atoms with E-state index in [1.165, 1.54) is 18.8 Å². The predicted octanol–water partition coefficient (Wildman–Crippen LogP) is 2.45. The van der Waals surface area contributed by atoms with Crippen LogP contribution < -0.4 is 5.32 Å². The molecule has 0 aromatic rings. The summed E-state index contributed by atoms with van der Waals surface area (Å²) in [4.78, 5) is 2.65. The number of piperazine rings is 1. The number of hydrogen-bond donors (Lipinski definition) is 1. The Morgan fingerprint density at radius 1 is 1.38 bits per heavy atom. The van der Waals surface area contributed by atoms with Gasteiger partial charge in [0.2, 0.25) is 0 Å². The Morgan fingerprint density at radius 3 is 2.50 bits per heavy atom. The molecule has 1 aliphatic rings. The van der Waals surface area contributed by atoms with Crippen LogP contribution in [0.2, 0.25) is 0 Å². The topological polar surface area (TPSA) is 15.3 Å². The first kappa shape index (κ1) is 14.3. The molecule has 3 heteroatoms. The lowest BCUT2D eigenvalue weighted by molar-refractivity contribution is 0.0415. The van der Waals surface area contributed by atoms with Crippen molar-refractivity contribution in [3.8, 4) is 0 Å². The number of thioether (sulfide) groups is 1. The molecule has 2 nitrogen and oxygen atoms in total. The van der Waals surface area contributed by atoms with Crippen molar-refractivity contribution in [1.82, 2.24) is 10.2 Å². The van der Waals surface area contributed by atoms with Crippen LogP contribution in [0.1, 0.15) is 34.6 Å². The van der Waals surface area contributed by atoms with Crippen molar-refractivity contribution in [2.75, 3.05) is 31.6 Å². The van der Waals surface area contributed by atoms with Crippen LogP contribution in [0, 0.1) is 5.41 Å². The normalized spacial score (nSPS) is 27.0. The van der Waals surface area contributed by atoms with E-state index < -0.39 is 0 Å². The minimum atomic E-state index is 0.303. The summed E-state index contributed by atoms with van der Waals surface area (Å²) in [6, 6.07) is 0.613. The van der Waals surface area contributed by atoms with Gasteiger partial charge in [-0.2, -0.15) is 11.8 Å². The Hall–Kier alpha value is 0.270. The quantitative estimate of drug-likeness (QED) is 0.821. The van der Waals surface area contributed by atoms with Crippen molar-refractivity contribution < 1.29 is 0 Å². The summed E-state index contributed by atoms with van der Waals surface area (Å²) in [7, 11) is 0. The van der Waals surface area contributed by atoms with Crippen LogP contribution in [0.15, 0.2) is 0 Å². The number of nitrogens with one attached hydrogen (secondary N) is 1. The van der Waals surface area contributed by atoms with E-state index in [1.807, 2.05) is 11.8 Å². The molecular formula is C13H28N2S. The Kier molecular flexibility index (Phi) is 4.73. The first-order chi connectivity index (χ1) is 7.27. The van der Waals surface area contributed by atoms with Gasteiger partial charge in [0.15, 0.2) is 0 Å². The third-order valence-electron chi connectivity index (χ3n) is 3.65. The van der Waals surface area contributed by atoms with Gasteiger partial charge in [0.05, 0.1) is 0 Å². The van der Waals surface area contributed by atoms with Gasteiger partial charge >= 0.3 is 0 Å². The summed E-state index contributed by atoms with van der Waals surface area (Å²) < 4.78 is 0. The zero-order valence-corrected chi connectivity index (χ0v) is 12.6. The molecule has 0 saturated carbocycles. The van der Waals surface area contributed by atoms with Crippen molar-refractivity contribution in [2.24, 2.45) is 5.41 Å². The molecule has 1 fully saturated rings. The van der Waals surface area contributed by atoms with E-state index in [0.717, 1.165) is 6.54 Å². The van der Waals surface area contributed by atoms with Gasteiger partial charge in [-0.3, -0.25) is 4.90 Å². The van der Waals surface area contributed by atoms with E-state index in [9.17, 15) is 0 Å². The minimum Gasteiger partial charge on any atom is -0.310 e. The van der Waals surface area contributed by atoms with E-state index in [0.29, 0.717) is 17.0 Å². The average molecular weight is 244 g/mol. The van der Waals surface area contributed by atoms with E-state index in [1.54, 1.807) is 0 Å². The van der Waals surface area contributed by atoms with E-state index >= 15 is 0 Å². The van der Waals surface area contributed by atoms with Crippen LogP contribution in [0.3, 0.4) is 0 Å². The molecule has 0 aromatic carbocycles. The summed E-state index contributed by atoms with van der Waals surface area (Å²) in [5.74, 6) is 1.24. The predicted molar refractivity (Wildman–Crippen MR) is 75.3 cm³/mol. The van der Waals surface area contributed by atoms with Gasteiger partial charge in [-0.15, -0.1) is 0 Å². The second-order valence-electron chi connectivity index (χ2n) is 6.55. The lowest BCUT2D eigenvalue weighted by Gasteiger charge is -2.49. The summed E-state index contributed by atoms with van der Waals surface area (Å²) in [6.07, 6.45) is 2.19. The Labute approximate surface area is 106 Å². The van der Waals surface area contributed by atoms with E-state index in [-0.39, 0.29) is 0 Å². The molecule has 0 spiro atoms. The number of rotatable bonds is 3. The molecule has 1 heterocycles. The molecule has 1 aliphatic heterocycles. The molecule has 0 bridgehead atoms. The van der Waals surface area contributed by atoms with Crippen LogP contribution >= 0.6 is 11.8 Å². The lowest BCUT2D eigenvalue weighted by Crippen LogP contribution is -2.65. The van der Waals surface area contributed by atoms with Crippen molar-refractivity contribution in [1.29, 1.82) is 0 Å². The SMILES string of the molecule is CSCCN1CC(C(C)(C)C)NCC1(C)C. The summed E-state index contributed by atoms with van der Waals surface area (Å²) in [5, 5.41) is 3.71. The highest BCUT2D eigenvalue weighted by atomic mass is 32.2. The highest BCUT2D eigenvalue weighted by Crippen LogP contribution is 2.27. The fourth-order valence-corrected chi connectivity index (χ4v) is 2.60. The van der Waals surface area contributed by atoms with E-state index in [4.69, 9.17) is 0 Å². The number of nitrogens with zero attached hydrogens (tertiary/aromatic N) is 1. The second kappa shape index (κ2) is 5.28. The van der Waals surface area contributed by atoms with Crippen molar-refractivity contribution in [3.63, 3.8) is 0 Å². The van der Waals surface area contributed by atoms with Crippen LogP contribution in [0.4, 0.5) is 0 Å². The van der Waals surface area contributed by atoms with Gasteiger partial charge in [-0.05, 0) is 25.5 Å². The Morgan fingerprint density at radius 2 is 2.00 bits per heavy atom. The molecule has 0 amide bonds. The molecule has 0 radical (unpaired) electrons. The van der Waals surface area contributed by atoms with Gasteiger partial charge in [0, 0.05) is 37.0 Å². The standard InChI is InChI=1S/C13H28N2S/c1-12(2,3)11-9-15(7-8-16-6)13(4,5)10-14-11/h11,14H,7-10H2,1-6H3. The molecule has 1 unspecified atom stereocenters. The molecule has 16 heavy (non-hydrogen) atoms. The minimum absolute atomic E-state index is 0.303. The number of hydrogen-bond acceptors (Lipinski definition) is 3. The van der Waals surface area contributed by atoms with Gasteiger partial charge in [0.25, 0.3) is 0 Å². The van der Waals surface area contributed by atoms with Crippen molar-refractivity contribution >= 4 is 11.8 Å². The fourth-order valence-electron chi connectivity index (χ4n) is 2.19. The lowest BCUT2D eigenvalue weighted by atomic mass is 9.83. The van der Waals surface area contributed by atoms with Gasteiger partial charge in [0.1, 0.15) is 0 Å². The molecular weight excluding hydrogens is 216 g/mol.